The number of epoxide rings is 1. The van der Waals surface area contributed by atoms with Gasteiger partial charge in [0.1, 0.15) is 6.04 Å². The van der Waals surface area contributed by atoms with Crippen LogP contribution in [-0.2, 0) is 25.5 Å². The van der Waals surface area contributed by atoms with Gasteiger partial charge in [-0.1, -0.05) is 78.9 Å². The van der Waals surface area contributed by atoms with Crippen molar-refractivity contribution < 1.29 is 19.1 Å². The molecule has 1 aliphatic heterocycles. The standard InChI is InChI=1S/C31H34N4O4.ClH/c32-18-9-8-16-25(29(36)35-26-23-14-6-4-12-21(23)22-13-5-7-15-24(22)26)34-31(38)28-27(39-28)30(37)33-19-17-20-10-2-1-3-11-20;/h1-7,10-15,25-28H,8-9,16-19,32H2,(H,33,37)(H,34,38)(H,35,36);1H/t25-,27?,28?;/m0./s1. The molecule has 2 unspecified atom stereocenters. The number of fused-ring (bicyclic) bond motifs is 3. The molecule has 3 aromatic rings. The number of amides is 3. The molecule has 8 nitrogen and oxygen atoms in total. The van der Waals surface area contributed by atoms with Crippen LogP contribution in [0.2, 0.25) is 0 Å². The van der Waals surface area contributed by atoms with E-state index in [-0.39, 0.29) is 30.3 Å². The molecule has 210 valence electrons. The van der Waals surface area contributed by atoms with Crippen LogP contribution in [0, 0.1) is 0 Å². The molecule has 0 spiro atoms. The molecular formula is C31H35ClN4O4. The second-order valence-electron chi connectivity index (χ2n) is 9.97. The number of hydrogen-bond acceptors (Lipinski definition) is 5. The Hall–Kier alpha value is -3.72. The first kappa shape index (κ1) is 29.3. The topological polar surface area (TPSA) is 126 Å². The molecule has 2 aliphatic rings. The molecule has 1 aliphatic carbocycles. The van der Waals surface area contributed by atoms with E-state index in [1.807, 2.05) is 66.7 Å². The second kappa shape index (κ2) is 13.6. The maximum Gasteiger partial charge on any atom is 0.253 e. The molecule has 1 saturated heterocycles. The lowest BCUT2D eigenvalue weighted by atomic mass is 10.0. The molecule has 3 atom stereocenters. The quantitative estimate of drug-likeness (QED) is 0.199. The molecule has 3 aromatic carbocycles. The summed E-state index contributed by atoms with van der Waals surface area (Å²) in [5, 5.41) is 8.81. The van der Waals surface area contributed by atoms with Gasteiger partial charge in [-0.3, -0.25) is 14.4 Å². The van der Waals surface area contributed by atoms with Gasteiger partial charge in [-0.25, -0.2) is 0 Å². The Morgan fingerprint density at radius 1 is 0.800 bits per heavy atom. The lowest BCUT2D eigenvalue weighted by molar-refractivity contribution is -0.130. The van der Waals surface area contributed by atoms with E-state index in [0.29, 0.717) is 32.4 Å². The van der Waals surface area contributed by atoms with Crippen LogP contribution in [0.1, 0.15) is 42.0 Å². The monoisotopic (exact) mass is 562 g/mol. The number of benzene rings is 3. The van der Waals surface area contributed by atoms with E-state index in [1.54, 1.807) is 0 Å². The van der Waals surface area contributed by atoms with Crippen molar-refractivity contribution in [3.05, 3.63) is 95.6 Å². The van der Waals surface area contributed by atoms with Crippen LogP contribution in [0.3, 0.4) is 0 Å². The van der Waals surface area contributed by atoms with Gasteiger partial charge in [-0.2, -0.15) is 0 Å². The number of hydrogen-bond donors (Lipinski definition) is 4. The van der Waals surface area contributed by atoms with Crippen molar-refractivity contribution in [2.45, 2.75) is 50.0 Å². The highest BCUT2D eigenvalue weighted by atomic mass is 35.5. The highest BCUT2D eigenvalue weighted by Crippen LogP contribution is 2.43. The fourth-order valence-electron chi connectivity index (χ4n) is 5.16. The smallest absolute Gasteiger partial charge is 0.253 e. The summed E-state index contributed by atoms with van der Waals surface area (Å²) < 4.78 is 5.40. The minimum absolute atomic E-state index is 0. The molecule has 9 heteroatoms. The normalized spacial score (nSPS) is 17.5. The van der Waals surface area contributed by atoms with Gasteiger partial charge in [0.25, 0.3) is 11.8 Å². The third kappa shape index (κ3) is 6.70. The largest absolute Gasteiger partial charge is 0.353 e. The third-order valence-corrected chi connectivity index (χ3v) is 7.26. The predicted molar refractivity (Wildman–Crippen MR) is 156 cm³/mol. The Morgan fingerprint density at radius 3 is 2.05 bits per heavy atom. The van der Waals surface area contributed by atoms with Crippen molar-refractivity contribution in [1.82, 2.24) is 16.0 Å². The van der Waals surface area contributed by atoms with Crippen molar-refractivity contribution in [2.24, 2.45) is 5.73 Å². The highest BCUT2D eigenvalue weighted by Gasteiger charge is 2.51. The van der Waals surface area contributed by atoms with Crippen LogP contribution in [0.5, 0.6) is 0 Å². The van der Waals surface area contributed by atoms with Crippen LogP contribution in [0.25, 0.3) is 11.1 Å². The third-order valence-electron chi connectivity index (χ3n) is 7.26. The predicted octanol–water partition coefficient (Wildman–Crippen LogP) is 3.03. The van der Waals surface area contributed by atoms with Gasteiger partial charge in [0.05, 0.1) is 6.04 Å². The van der Waals surface area contributed by atoms with Crippen molar-refractivity contribution in [1.29, 1.82) is 0 Å². The van der Waals surface area contributed by atoms with Crippen LogP contribution in [-0.4, -0.2) is 49.1 Å². The van der Waals surface area contributed by atoms with Crippen molar-refractivity contribution in [3.63, 3.8) is 0 Å². The minimum atomic E-state index is -0.903. The van der Waals surface area contributed by atoms with Gasteiger partial charge < -0.3 is 26.4 Å². The Morgan fingerprint density at radius 2 is 1.40 bits per heavy atom. The summed E-state index contributed by atoms with van der Waals surface area (Å²) in [6, 6.07) is 24.8. The van der Waals surface area contributed by atoms with E-state index in [1.165, 1.54) is 0 Å². The summed E-state index contributed by atoms with van der Waals surface area (Å²) in [6.45, 7) is 0.953. The fraction of sp³-hybridized carbons (Fsp3) is 0.323. The number of rotatable bonds is 12. The van der Waals surface area contributed by atoms with E-state index in [2.05, 4.69) is 28.1 Å². The van der Waals surface area contributed by atoms with Crippen LogP contribution in [0.15, 0.2) is 78.9 Å². The Labute approximate surface area is 240 Å². The Kier molecular flexibility index (Phi) is 9.93. The van der Waals surface area contributed by atoms with E-state index < -0.39 is 24.2 Å². The first-order chi connectivity index (χ1) is 19.1. The van der Waals surface area contributed by atoms with Crippen molar-refractivity contribution in [2.75, 3.05) is 13.1 Å². The number of carbonyl (C=O) groups excluding carboxylic acids is 3. The molecule has 5 rings (SSSR count). The average molecular weight is 563 g/mol. The maximum absolute atomic E-state index is 13.5. The van der Waals surface area contributed by atoms with Gasteiger partial charge >= 0.3 is 0 Å². The Bertz CT molecular complexity index is 1290. The summed E-state index contributed by atoms with van der Waals surface area (Å²) in [6.07, 6.45) is 0.794. The summed E-state index contributed by atoms with van der Waals surface area (Å²) in [7, 11) is 0. The SMILES string of the molecule is Cl.NCCCC[C@H](NC(=O)C1OC1C(=O)NCCc1ccccc1)C(=O)NC1c2ccccc2-c2ccccc21. The van der Waals surface area contributed by atoms with Crippen LogP contribution in [0.4, 0.5) is 0 Å². The molecule has 0 saturated carbocycles. The zero-order valence-electron chi connectivity index (χ0n) is 22.2. The van der Waals surface area contributed by atoms with Gasteiger partial charge in [0, 0.05) is 6.54 Å². The first-order valence-corrected chi connectivity index (χ1v) is 13.5. The molecule has 1 heterocycles. The van der Waals surface area contributed by atoms with E-state index in [4.69, 9.17) is 10.5 Å². The molecular weight excluding hydrogens is 528 g/mol. The molecule has 3 amide bonds. The van der Waals surface area contributed by atoms with E-state index >= 15 is 0 Å². The van der Waals surface area contributed by atoms with Gasteiger partial charge in [-0.15, -0.1) is 12.4 Å². The molecule has 40 heavy (non-hydrogen) atoms. The molecule has 0 radical (unpaired) electrons. The number of halogens is 1. The molecule has 0 aromatic heterocycles. The highest BCUT2D eigenvalue weighted by molar-refractivity contribution is 5.97. The first-order valence-electron chi connectivity index (χ1n) is 13.5. The van der Waals surface area contributed by atoms with Crippen molar-refractivity contribution >= 4 is 30.1 Å². The number of nitrogens with one attached hydrogen (secondary N) is 3. The summed E-state index contributed by atoms with van der Waals surface area (Å²) in [5.74, 6) is -1.06. The summed E-state index contributed by atoms with van der Waals surface area (Å²) in [4.78, 5) is 39.0. The molecule has 5 N–H and O–H groups in total. The Balaban J connectivity index is 0.00000370. The van der Waals surface area contributed by atoms with Crippen LogP contribution >= 0.6 is 12.4 Å². The van der Waals surface area contributed by atoms with Gasteiger partial charge in [0.15, 0.2) is 12.2 Å². The number of carbonyl (C=O) groups is 3. The summed E-state index contributed by atoms with van der Waals surface area (Å²) >= 11 is 0. The lowest BCUT2D eigenvalue weighted by Gasteiger charge is -2.22. The van der Waals surface area contributed by atoms with Crippen molar-refractivity contribution in [3.8, 4) is 11.1 Å². The van der Waals surface area contributed by atoms with Crippen LogP contribution < -0.4 is 21.7 Å². The zero-order valence-corrected chi connectivity index (χ0v) is 23.0. The minimum Gasteiger partial charge on any atom is -0.353 e. The lowest BCUT2D eigenvalue weighted by Crippen LogP contribution is -2.49. The van der Waals surface area contributed by atoms with E-state index in [9.17, 15) is 14.4 Å². The average Bonchev–Trinajstić information content (AvgIpc) is 3.72. The molecule has 1 fully saturated rings. The van der Waals surface area contributed by atoms with Gasteiger partial charge in [0.2, 0.25) is 5.91 Å². The van der Waals surface area contributed by atoms with Gasteiger partial charge in [-0.05, 0) is 60.0 Å². The molecule has 0 bridgehead atoms. The van der Waals surface area contributed by atoms with E-state index in [0.717, 1.165) is 34.2 Å². The number of unbranched alkanes of at least 4 members (excludes halogenated alkanes) is 1. The second-order valence-corrected chi connectivity index (χ2v) is 9.97. The summed E-state index contributed by atoms with van der Waals surface area (Å²) in [5.41, 5.74) is 11.0. The number of nitrogens with two attached hydrogens (primary N) is 1. The zero-order chi connectivity index (χ0) is 27.2. The number of ether oxygens (including phenoxy) is 1. The fourth-order valence-corrected chi connectivity index (χ4v) is 5.16. The maximum atomic E-state index is 13.5.